The molecule has 0 bridgehead atoms. The largest absolute Gasteiger partial charge is 0.501 e. The Morgan fingerprint density at radius 2 is 1.85 bits per heavy atom. The van der Waals surface area contributed by atoms with E-state index in [1.54, 1.807) is 39.9 Å². The first-order chi connectivity index (χ1) is 18.9. The van der Waals surface area contributed by atoms with Gasteiger partial charge in [-0.05, 0) is 51.7 Å². The predicted octanol–water partition coefficient (Wildman–Crippen LogP) is 3.23. The predicted molar refractivity (Wildman–Crippen MR) is 148 cm³/mol. The molecule has 2 N–H and O–H groups in total. The first-order valence-corrected chi connectivity index (χ1v) is 13.3. The van der Waals surface area contributed by atoms with Crippen molar-refractivity contribution in [1.29, 1.82) is 0 Å². The summed E-state index contributed by atoms with van der Waals surface area (Å²) in [5.41, 5.74) is 0.149. The second-order valence-electron chi connectivity index (χ2n) is 10.1. The van der Waals surface area contributed by atoms with E-state index in [1.807, 2.05) is 12.2 Å². The van der Waals surface area contributed by atoms with Crippen LogP contribution in [0.2, 0.25) is 0 Å². The second kappa shape index (κ2) is 17.9. The lowest BCUT2D eigenvalue weighted by molar-refractivity contribution is -0.143. The van der Waals surface area contributed by atoms with Gasteiger partial charge in [0, 0.05) is 39.6 Å². The van der Waals surface area contributed by atoms with Gasteiger partial charge in [-0.15, -0.1) is 0 Å². The summed E-state index contributed by atoms with van der Waals surface area (Å²) in [6.45, 7) is 9.83. The van der Waals surface area contributed by atoms with Gasteiger partial charge in [0.1, 0.15) is 18.2 Å². The van der Waals surface area contributed by atoms with Gasteiger partial charge in [-0.3, -0.25) is 4.79 Å². The Balaban J connectivity index is 2.89. The third kappa shape index (κ3) is 13.5. The molecule has 1 rings (SSSR count). The van der Waals surface area contributed by atoms with Gasteiger partial charge < -0.3 is 39.2 Å². The van der Waals surface area contributed by atoms with Crippen LogP contribution in [0.25, 0.3) is 0 Å². The number of methoxy groups -OCH3 is 3. The summed E-state index contributed by atoms with van der Waals surface area (Å²) in [5.74, 6) is -0.112. The Labute approximate surface area is 237 Å². The molecule has 0 saturated heterocycles. The van der Waals surface area contributed by atoms with Crippen LogP contribution in [0.15, 0.2) is 36.1 Å². The molecule has 0 aromatic carbocycles. The number of rotatable bonds is 16. The summed E-state index contributed by atoms with van der Waals surface area (Å²) in [6.07, 6.45) is 5.42. The van der Waals surface area contributed by atoms with Crippen molar-refractivity contribution in [3.8, 4) is 0 Å². The fraction of sp³-hybridized carbons (Fsp3) is 0.643. The van der Waals surface area contributed by atoms with Crippen molar-refractivity contribution in [1.82, 2.24) is 15.5 Å². The number of nitrogens with one attached hydrogen (secondary N) is 2. The fourth-order valence-corrected chi connectivity index (χ4v) is 3.81. The molecule has 40 heavy (non-hydrogen) atoms. The van der Waals surface area contributed by atoms with Crippen LogP contribution in [-0.2, 0) is 33.3 Å². The first kappa shape index (κ1) is 34.5. The van der Waals surface area contributed by atoms with Crippen molar-refractivity contribution in [2.45, 2.75) is 70.6 Å². The van der Waals surface area contributed by atoms with Crippen LogP contribution in [0.3, 0.4) is 0 Å². The molecule has 0 fully saturated rings. The number of unbranched alkanes of at least 4 members (excludes halogenated alkanes) is 1. The molecule has 0 aliphatic heterocycles. The molecule has 0 spiro atoms. The van der Waals surface area contributed by atoms with E-state index in [0.29, 0.717) is 38.9 Å². The zero-order chi connectivity index (χ0) is 30.1. The van der Waals surface area contributed by atoms with Crippen LogP contribution >= 0.6 is 0 Å². The number of carbonyl (C=O) groups is 4. The van der Waals surface area contributed by atoms with Crippen molar-refractivity contribution in [3.63, 3.8) is 0 Å². The van der Waals surface area contributed by atoms with Crippen LogP contribution in [0.5, 0.6) is 0 Å². The van der Waals surface area contributed by atoms with E-state index in [2.05, 4.69) is 17.2 Å². The third-order valence-electron chi connectivity index (χ3n) is 5.84. The topological polar surface area (TPSA) is 142 Å². The second-order valence-corrected chi connectivity index (χ2v) is 10.1. The number of ether oxygens (including phenoxy) is 5. The Hall–Kier alpha value is -3.54. The molecule has 3 amide bonds. The number of carbonyl (C=O) groups excluding carboxylic acids is 4. The highest BCUT2D eigenvalue weighted by Crippen LogP contribution is 2.23. The number of alkyl carbamates (subject to hydrolysis) is 2. The minimum Gasteiger partial charge on any atom is -0.501 e. The standard InChI is InChI=1S/C28H45N3O9/c1-8-17-39-26(34)29-15-9-10-16-31(19-20-11-12-21(36-5)18-23(20)37-6)24(32)14-13-22(25(33)38-7)30-27(35)40-28(2,3)4/h8,11-12,22-23H,1,9-10,13-19H2,2-7H3,(H,29,34)(H,30,35)/t22-,23?/m0/s1. The van der Waals surface area contributed by atoms with Gasteiger partial charge in [-0.2, -0.15) is 0 Å². The van der Waals surface area contributed by atoms with Crippen molar-refractivity contribution in [3.05, 3.63) is 36.1 Å². The van der Waals surface area contributed by atoms with E-state index in [4.69, 9.17) is 23.7 Å². The van der Waals surface area contributed by atoms with Crippen LogP contribution in [0.4, 0.5) is 9.59 Å². The Kier molecular flexibility index (Phi) is 15.5. The van der Waals surface area contributed by atoms with Crippen molar-refractivity contribution < 1.29 is 42.9 Å². The number of hydrogen-bond acceptors (Lipinski definition) is 9. The fourth-order valence-electron chi connectivity index (χ4n) is 3.81. The molecule has 1 aliphatic rings. The highest BCUT2D eigenvalue weighted by atomic mass is 16.6. The van der Waals surface area contributed by atoms with Gasteiger partial charge in [-0.1, -0.05) is 18.7 Å². The minimum absolute atomic E-state index is 0.0220. The zero-order valence-corrected chi connectivity index (χ0v) is 24.6. The summed E-state index contributed by atoms with van der Waals surface area (Å²) in [5, 5.41) is 5.15. The van der Waals surface area contributed by atoms with E-state index < -0.39 is 29.8 Å². The molecule has 0 heterocycles. The van der Waals surface area contributed by atoms with E-state index in [0.717, 1.165) is 11.3 Å². The van der Waals surface area contributed by atoms with Crippen LogP contribution in [-0.4, -0.2) is 94.3 Å². The lowest BCUT2D eigenvalue weighted by Gasteiger charge is -2.30. The van der Waals surface area contributed by atoms with E-state index in [-0.39, 0.29) is 31.5 Å². The number of hydrogen-bond donors (Lipinski definition) is 2. The van der Waals surface area contributed by atoms with Crippen molar-refractivity contribution in [2.24, 2.45) is 0 Å². The number of allylic oxidation sites excluding steroid dienone is 2. The van der Waals surface area contributed by atoms with E-state index >= 15 is 0 Å². The van der Waals surface area contributed by atoms with Gasteiger partial charge >= 0.3 is 18.2 Å². The highest BCUT2D eigenvalue weighted by Gasteiger charge is 2.28. The average molecular weight is 568 g/mol. The van der Waals surface area contributed by atoms with Crippen LogP contribution < -0.4 is 10.6 Å². The van der Waals surface area contributed by atoms with Gasteiger partial charge in [-0.25, -0.2) is 14.4 Å². The summed E-state index contributed by atoms with van der Waals surface area (Å²) in [6, 6.07) is -1.05. The maximum atomic E-state index is 13.4. The van der Waals surface area contributed by atoms with Crippen LogP contribution in [0, 0.1) is 0 Å². The summed E-state index contributed by atoms with van der Waals surface area (Å²) in [4.78, 5) is 51.2. The van der Waals surface area contributed by atoms with Gasteiger partial charge in [0.25, 0.3) is 0 Å². The normalized spacial score (nSPS) is 15.5. The molecule has 2 atom stereocenters. The number of nitrogens with zero attached hydrogens (tertiary/aromatic N) is 1. The van der Waals surface area contributed by atoms with Gasteiger partial charge in [0.05, 0.1) is 26.1 Å². The number of esters is 1. The quantitative estimate of drug-likeness (QED) is 0.124. The van der Waals surface area contributed by atoms with Crippen LogP contribution in [0.1, 0.15) is 52.9 Å². The molecule has 226 valence electrons. The molecule has 0 aromatic rings. The molecule has 1 aliphatic carbocycles. The van der Waals surface area contributed by atoms with E-state index in [9.17, 15) is 19.2 Å². The molecule has 1 unspecified atom stereocenters. The van der Waals surface area contributed by atoms with E-state index in [1.165, 1.54) is 13.2 Å². The van der Waals surface area contributed by atoms with Crippen molar-refractivity contribution >= 4 is 24.1 Å². The third-order valence-corrected chi connectivity index (χ3v) is 5.84. The maximum absolute atomic E-state index is 13.4. The molecule has 0 saturated carbocycles. The minimum atomic E-state index is -1.05. The van der Waals surface area contributed by atoms with Crippen molar-refractivity contribution in [2.75, 3.05) is 47.6 Å². The molecule has 0 aromatic heterocycles. The highest BCUT2D eigenvalue weighted by molar-refractivity contribution is 5.83. The molecule has 0 radical (unpaired) electrons. The Bertz CT molecular complexity index is 924. The molecular formula is C28H45N3O9. The first-order valence-electron chi connectivity index (χ1n) is 13.3. The lowest BCUT2D eigenvalue weighted by Crippen LogP contribution is -2.45. The SMILES string of the molecule is C=CCOC(=O)NCCCCN(CC1=CC=C(OC)CC1OC)C(=O)CC[C@H](NC(=O)OC(C)(C)C)C(=O)OC. The Morgan fingerprint density at radius 3 is 2.45 bits per heavy atom. The molecular weight excluding hydrogens is 522 g/mol. The average Bonchev–Trinajstić information content (AvgIpc) is 2.91. The summed E-state index contributed by atoms with van der Waals surface area (Å²) in [7, 11) is 4.41. The monoisotopic (exact) mass is 567 g/mol. The summed E-state index contributed by atoms with van der Waals surface area (Å²) >= 11 is 0. The smallest absolute Gasteiger partial charge is 0.408 e. The molecule has 12 nitrogen and oxygen atoms in total. The Morgan fingerprint density at radius 1 is 1.12 bits per heavy atom. The summed E-state index contributed by atoms with van der Waals surface area (Å²) < 4.78 is 25.9. The maximum Gasteiger partial charge on any atom is 0.408 e. The zero-order valence-electron chi connectivity index (χ0n) is 24.6. The van der Waals surface area contributed by atoms with Gasteiger partial charge in [0.15, 0.2) is 0 Å². The number of amides is 3. The van der Waals surface area contributed by atoms with Gasteiger partial charge in [0.2, 0.25) is 5.91 Å². The lowest BCUT2D eigenvalue weighted by atomic mass is 9.99. The molecule has 12 heteroatoms.